The predicted octanol–water partition coefficient (Wildman–Crippen LogP) is 3.86. The number of amides is 1. The molecule has 6 nitrogen and oxygen atoms in total. The smallest absolute Gasteiger partial charge is 0.416 e. The van der Waals surface area contributed by atoms with E-state index < -0.39 is 17.8 Å². The maximum absolute atomic E-state index is 12.9. The van der Waals surface area contributed by atoms with E-state index in [1.165, 1.54) is 17.0 Å². The van der Waals surface area contributed by atoms with Crippen molar-refractivity contribution in [2.75, 3.05) is 18.0 Å². The number of carboxylic acid groups (broad SMARTS) is 1. The van der Waals surface area contributed by atoms with E-state index in [9.17, 15) is 23.1 Å². The van der Waals surface area contributed by atoms with Crippen LogP contribution >= 0.6 is 0 Å². The molecule has 158 valence electrons. The number of nitrogens with two attached hydrogens (primary N) is 1. The van der Waals surface area contributed by atoms with Crippen LogP contribution in [0.15, 0.2) is 24.3 Å². The first-order chi connectivity index (χ1) is 13.4. The summed E-state index contributed by atoms with van der Waals surface area (Å²) in [6.07, 6.45) is -5.21. The van der Waals surface area contributed by atoms with Crippen molar-refractivity contribution >= 4 is 11.9 Å². The number of aromatic nitrogens is 2. The first kappa shape index (κ1) is 21.2. The van der Waals surface area contributed by atoms with Crippen LogP contribution in [-0.2, 0) is 24.6 Å². The largest absolute Gasteiger partial charge is 0.465 e. The Balaban J connectivity index is 2.08. The molecule has 3 rings (SSSR count). The van der Waals surface area contributed by atoms with Crippen LogP contribution in [0.5, 0.6) is 0 Å². The molecule has 1 aromatic carbocycles. The number of halogens is 3. The number of hydrogen-bond donors (Lipinski definition) is 2. The van der Waals surface area contributed by atoms with Gasteiger partial charge in [-0.2, -0.15) is 18.3 Å². The summed E-state index contributed by atoms with van der Waals surface area (Å²) in [5, 5.41) is 14.4. The fraction of sp³-hybridized carbons (Fsp3) is 0.500. The molecule has 1 aromatic heterocycles. The Labute approximate surface area is 167 Å². The average Bonchev–Trinajstić information content (AvgIpc) is 2.99. The molecule has 1 atom stereocenters. The number of alkyl halides is 3. The van der Waals surface area contributed by atoms with Gasteiger partial charge in [0.15, 0.2) is 0 Å². The lowest BCUT2D eigenvalue weighted by Crippen LogP contribution is -2.44. The maximum atomic E-state index is 12.9. The predicted molar refractivity (Wildman–Crippen MR) is 103 cm³/mol. The minimum atomic E-state index is -4.40. The highest BCUT2D eigenvalue weighted by atomic mass is 19.4. The summed E-state index contributed by atoms with van der Waals surface area (Å²) in [7, 11) is 0. The molecular weight excluding hydrogens is 385 g/mol. The molecule has 3 N–H and O–H groups in total. The van der Waals surface area contributed by atoms with Gasteiger partial charge in [-0.1, -0.05) is 32.9 Å². The zero-order valence-electron chi connectivity index (χ0n) is 16.6. The minimum Gasteiger partial charge on any atom is -0.465 e. The first-order valence-electron chi connectivity index (χ1n) is 9.38. The van der Waals surface area contributed by atoms with Gasteiger partial charge >= 0.3 is 12.3 Å². The number of benzene rings is 1. The molecule has 0 radical (unpaired) electrons. The van der Waals surface area contributed by atoms with E-state index in [1.54, 1.807) is 4.68 Å². The van der Waals surface area contributed by atoms with E-state index in [1.807, 2.05) is 20.8 Å². The van der Waals surface area contributed by atoms with Gasteiger partial charge in [-0.15, -0.1) is 0 Å². The summed E-state index contributed by atoms with van der Waals surface area (Å²) >= 11 is 0. The standard InChI is InChI=1S/C20H25F3N4O2/c1-19(2,3)16-15(8-12-4-6-14(7-5-12)20(21,22)23)17-26(18(28)29)10-13(9-24)11-27(17)25-16/h4-7,13H,8-11,24H2,1-3H3,(H,28,29). The zero-order chi connectivity index (χ0) is 21.6. The van der Waals surface area contributed by atoms with Gasteiger partial charge in [-0.05, 0) is 24.2 Å². The normalized spacial score (nSPS) is 17.3. The molecule has 2 aromatic rings. The highest BCUT2D eigenvalue weighted by Crippen LogP contribution is 2.37. The van der Waals surface area contributed by atoms with Gasteiger partial charge in [-0.3, -0.25) is 4.90 Å². The van der Waals surface area contributed by atoms with Crippen molar-refractivity contribution in [1.82, 2.24) is 9.78 Å². The van der Waals surface area contributed by atoms with Crippen molar-refractivity contribution in [3.8, 4) is 0 Å². The lowest BCUT2D eigenvalue weighted by Gasteiger charge is -2.31. The molecule has 1 unspecified atom stereocenters. The van der Waals surface area contributed by atoms with Gasteiger partial charge in [0.2, 0.25) is 0 Å². The van der Waals surface area contributed by atoms with E-state index in [0.29, 0.717) is 24.5 Å². The minimum absolute atomic E-state index is 0.0507. The third-order valence-electron chi connectivity index (χ3n) is 5.09. The Kier molecular flexibility index (Phi) is 5.38. The van der Waals surface area contributed by atoms with Gasteiger partial charge in [0.05, 0.1) is 11.3 Å². The quantitative estimate of drug-likeness (QED) is 0.805. The van der Waals surface area contributed by atoms with Crippen molar-refractivity contribution in [3.63, 3.8) is 0 Å². The zero-order valence-corrected chi connectivity index (χ0v) is 16.6. The molecule has 1 amide bonds. The highest BCUT2D eigenvalue weighted by Gasteiger charge is 2.36. The van der Waals surface area contributed by atoms with Crippen LogP contribution in [0, 0.1) is 5.92 Å². The monoisotopic (exact) mass is 410 g/mol. The number of nitrogens with zero attached hydrogens (tertiary/aromatic N) is 3. The Morgan fingerprint density at radius 3 is 2.31 bits per heavy atom. The van der Waals surface area contributed by atoms with Crippen molar-refractivity contribution in [3.05, 3.63) is 46.6 Å². The van der Waals surface area contributed by atoms with Gasteiger partial charge in [0.25, 0.3) is 0 Å². The molecule has 0 fully saturated rings. The van der Waals surface area contributed by atoms with E-state index in [0.717, 1.165) is 23.4 Å². The number of anilines is 1. The molecule has 2 heterocycles. The van der Waals surface area contributed by atoms with Crippen molar-refractivity contribution < 1.29 is 23.1 Å². The number of fused-ring (bicyclic) bond motifs is 1. The van der Waals surface area contributed by atoms with E-state index in [-0.39, 0.29) is 24.3 Å². The second kappa shape index (κ2) is 7.37. The summed E-state index contributed by atoms with van der Waals surface area (Å²) < 4.78 is 40.2. The first-order valence-corrected chi connectivity index (χ1v) is 9.38. The molecule has 9 heteroatoms. The van der Waals surface area contributed by atoms with Gasteiger partial charge in [0.1, 0.15) is 5.82 Å². The van der Waals surface area contributed by atoms with E-state index in [4.69, 9.17) is 5.73 Å². The summed E-state index contributed by atoms with van der Waals surface area (Å²) in [5.41, 5.74) is 6.80. The van der Waals surface area contributed by atoms with Crippen LogP contribution in [0.1, 0.15) is 43.2 Å². The van der Waals surface area contributed by atoms with E-state index in [2.05, 4.69) is 5.10 Å². The molecule has 0 spiro atoms. The lowest BCUT2D eigenvalue weighted by molar-refractivity contribution is -0.137. The summed E-state index contributed by atoms with van der Waals surface area (Å²) in [6, 6.07) is 4.94. The highest BCUT2D eigenvalue weighted by molar-refractivity contribution is 5.86. The summed E-state index contributed by atoms with van der Waals surface area (Å²) in [4.78, 5) is 13.2. The Bertz CT molecular complexity index is 898. The van der Waals surface area contributed by atoms with Crippen molar-refractivity contribution in [2.45, 2.75) is 45.3 Å². The summed E-state index contributed by atoms with van der Waals surface area (Å²) in [6.45, 7) is 7.03. The molecular formula is C20H25F3N4O2. The van der Waals surface area contributed by atoms with Crippen LogP contribution in [0.2, 0.25) is 0 Å². The molecule has 0 aliphatic carbocycles. The van der Waals surface area contributed by atoms with Crippen LogP contribution in [0.4, 0.5) is 23.8 Å². The van der Waals surface area contributed by atoms with Crippen LogP contribution in [0.3, 0.4) is 0 Å². The average molecular weight is 410 g/mol. The van der Waals surface area contributed by atoms with Gasteiger partial charge in [0, 0.05) is 36.4 Å². The molecule has 0 bridgehead atoms. The number of hydrogen-bond acceptors (Lipinski definition) is 3. The third kappa shape index (κ3) is 4.24. The molecule has 0 saturated heterocycles. The fourth-order valence-electron chi connectivity index (χ4n) is 3.67. The van der Waals surface area contributed by atoms with Crippen molar-refractivity contribution in [1.29, 1.82) is 0 Å². The van der Waals surface area contributed by atoms with Crippen LogP contribution in [-0.4, -0.2) is 34.1 Å². The second-order valence-corrected chi connectivity index (χ2v) is 8.45. The third-order valence-corrected chi connectivity index (χ3v) is 5.09. The molecule has 1 aliphatic rings. The van der Waals surface area contributed by atoms with Crippen LogP contribution in [0.25, 0.3) is 0 Å². The van der Waals surface area contributed by atoms with Gasteiger partial charge < -0.3 is 10.8 Å². The fourth-order valence-corrected chi connectivity index (χ4v) is 3.67. The maximum Gasteiger partial charge on any atom is 0.416 e. The Morgan fingerprint density at radius 2 is 1.83 bits per heavy atom. The van der Waals surface area contributed by atoms with E-state index >= 15 is 0 Å². The SMILES string of the molecule is CC(C)(C)c1nn2c(c1Cc1ccc(C(F)(F)F)cc1)N(C(=O)O)CC(CN)C2. The molecule has 29 heavy (non-hydrogen) atoms. The Hall–Kier alpha value is -2.55. The number of rotatable bonds is 3. The molecule has 1 aliphatic heterocycles. The topological polar surface area (TPSA) is 84.4 Å². The number of carbonyl (C=O) groups is 1. The van der Waals surface area contributed by atoms with Crippen LogP contribution < -0.4 is 10.6 Å². The van der Waals surface area contributed by atoms with Gasteiger partial charge in [-0.25, -0.2) is 9.48 Å². The second-order valence-electron chi connectivity index (χ2n) is 8.45. The Morgan fingerprint density at radius 1 is 1.21 bits per heavy atom. The summed E-state index contributed by atoms with van der Waals surface area (Å²) in [5.74, 6) is 0.428. The molecule has 0 saturated carbocycles. The van der Waals surface area contributed by atoms with Crippen molar-refractivity contribution in [2.24, 2.45) is 11.7 Å². The lowest BCUT2D eigenvalue weighted by atomic mass is 9.87.